The van der Waals surface area contributed by atoms with Gasteiger partial charge in [0.25, 0.3) is 0 Å². The molecular weight excluding hydrogens is 118 g/mol. The van der Waals surface area contributed by atoms with Crippen LogP contribution in [-0.4, -0.2) is 12.5 Å². The molecule has 3 heteroatoms. The molecule has 9 heavy (non-hydrogen) atoms. The van der Waals surface area contributed by atoms with Crippen molar-refractivity contribution in [3.8, 4) is 0 Å². The van der Waals surface area contributed by atoms with E-state index in [9.17, 15) is 4.79 Å². The molecule has 0 spiro atoms. The molecule has 54 valence electrons. The van der Waals surface area contributed by atoms with E-state index in [-0.39, 0.29) is 5.97 Å². The first-order valence-electron chi connectivity index (χ1n) is 3.03. The SMILES string of the molecule is CC(=O)ONCC(C)C. The molecular formula is C6H13NO2. The number of carbonyl (C=O) groups is 1. The summed E-state index contributed by atoms with van der Waals surface area (Å²) in [7, 11) is 0. The van der Waals surface area contributed by atoms with Crippen LogP contribution >= 0.6 is 0 Å². The first kappa shape index (κ1) is 8.43. The molecule has 0 aromatic heterocycles. The van der Waals surface area contributed by atoms with Crippen molar-refractivity contribution >= 4 is 5.97 Å². The maximum Gasteiger partial charge on any atom is 0.321 e. The Hall–Kier alpha value is -0.570. The van der Waals surface area contributed by atoms with Gasteiger partial charge in [-0.25, -0.2) is 0 Å². The molecule has 0 atom stereocenters. The lowest BCUT2D eigenvalue weighted by Crippen LogP contribution is -2.22. The maximum atomic E-state index is 10.1. The highest BCUT2D eigenvalue weighted by molar-refractivity contribution is 5.65. The second-order valence-electron chi connectivity index (χ2n) is 2.34. The Balaban J connectivity index is 3.01. The van der Waals surface area contributed by atoms with Crippen LogP contribution < -0.4 is 5.48 Å². The summed E-state index contributed by atoms with van der Waals surface area (Å²) < 4.78 is 0. The van der Waals surface area contributed by atoms with Gasteiger partial charge in [0, 0.05) is 13.5 Å². The molecule has 0 aromatic carbocycles. The fourth-order valence-corrected chi connectivity index (χ4v) is 0.310. The number of hydrogen-bond acceptors (Lipinski definition) is 3. The lowest BCUT2D eigenvalue weighted by molar-refractivity contribution is -0.148. The first-order valence-corrected chi connectivity index (χ1v) is 3.03. The van der Waals surface area contributed by atoms with E-state index in [4.69, 9.17) is 0 Å². The van der Waals surface area contributed by atoms with Crippen molar-refractivity contribution in [3.63, 3.8) is 0 Å². The van der Waals surface area contributed by atoms with Crippen molar-refractivity contribution in [2.45, 2.75) is 20.8 Å². The second-order valence-corrected chi connectivity index (χ2v) is 2.34. The normalized spacial score (nSPS) is 9.78. The minimum Gasteiger partial charge on any atom is -0.371 e. The molecule has 0 saturated heterocycles. The van der Waals surface area contributed by atoms with Crippen molar-refractivity contribution in [2.24, 2.45) is 5.92 Å². The van der Waals surface area contributed by atoms with E-state index in [2.05, 4.69) is 10.3 Å². The van der Waals surface area contributed by atoms with Crippen LogP contribution in [0.4, 0.5) is 0 Å². The highest BCUT2D eigenvalue weighted by Gasteiger charge is 1.93. The Morgan fingerprint density at radius 1 is 1.67 bits per heavy atom. The number of hydroxylamine groups is 1. The van der Waals surface area contributed by atoms with E-state index in [0.29, 0.717) is 12.5 Å². The average Bonchev–Trinajstić information content (AvgIpc) is 1.63. The molecule has 0 radical (unpaired) electrons. The molecule has 0 rings (SSSR count). The molecule has 0 fully saturated rings. The molecule has 0 amide bonds. The van der Waals surface area contributed by atoms with Gasteiger partial charge in [-0.15, -0.1) is 0 Å². The zero-order chi connectivity index (χ0) is 7.28. The van der Waals surface area contributed by atoms with Crippen LogP contribution in [0.5, 0.6) is 0 Å². The van der Waals surface area contributed by atoms with Crippen LogP contribution in [-0.2, 0) is 9.63 Å². The average molecular weight is 131 g/mol. The Kier molecular flexibility index (Phi) is 4.05. The zero-order valence-corrected chi connectivity index (χ0v) is 6.10. The smallest absolute Gasteiger partial charge is 0.321 e. The molecule has 3 nitrogen and oxygen atoms in total. The van der Waals surface area contributed by atoms with E-state index in [1.807, 2.05) is 13.8 Å². The van der Waals surface area contributed by atoms with Gasteiger partial charge in [0.2, 0.25) is 0 Å². The van der Waals surface area contributed by atoms with Crippen LogP contribution in [0.2, 0.25) is 0 Å². The summed E-state index contributed by atoms with van der Waals surface area (Å²) in [6, 6.07) is 0. The van der Waals surface area contributed by atoms with Crippen molar-refractivity contribution in [3.05, 3.63) is 0 Å². The van der Waals surface area contributed by atoms with Gasteiger partial charge in [0.05, 0.1) is 0 Å². The molecule has 0 aliphatic carbocycles. The quantitative estimate of drug-likeness (QED) is 0.573. The Labute approximate surface area is 55.3 Å². The van der Waals surface area contributed by atoms with Crippen LogP contribution in [0.15, 0.2) is 0 Å². The van der Waals surface area contributed by atoms with Gasteiger partial charge in [-0.3, -0.25) is 4.79 Å². The van der Waals surface area contributed by atoms with Crippen LogP contribution in [0.3, 0.4) is 0 Å². The summed E-state index contributed by atoms with van der Waals surface area (Å²) in [5.41, 5.74) is 2.53. The topological polar surface area (TPSA) is 38.3 Å². The summed E-state index contributed by atoms with van der Waals surface area (Å²) in [4.78, 5) is 14.6. The van der Waals surface area contributed by atoms with Gasteiger partial charge in [0.15, 0.2) is 0 Å². The molecule has 0 bridgehead atoms. The predicted octanol–water partition coefficient (Wildman–Crippen LogP) is 0.710. The monoisotopic (exact) mass is 131 g/mol. The van der Waals surface area contributed by atoms with E-state index < -0.39 is 0 Å². The Morgan fingerprint density at radius 3 is 2.56 bits per heavy atom. The fraction of sp³-hybridized carbons (Fsp3) is 0.833. The Bertz CT molecular complexity index is 91.1. The van der Waals surface area contributed by atoms with Gasteiger partial charge >= 0.3 is 5.97 Å². The largest absolute Gasteiger partial charge is 0.371 e. The number of carbonyl (C=O) groups excluding carboxylic acids is 1. The van der Waals surface area contributed by atoms with E-state index in [1.165, 1.54) is 6.92 Å². The highest BCUT2D eigenvalue weighted by atomic mass is 16.7. The number of rotatable bonds is 3. The molecule has 0 unspecified atom stereocenters. The third-order valence-electron chi connectivity index (χ3n) is 0.707. The minimum absolute atomic E-state index is 0.296. The molecule has 0 heterocycles. The van der Waals surface area contributed by atoms with E-state index in [0.717, 1.165) is 0 Å². The van der Waals surface area contributed by atoms with E-state index >= 15 is 0 Å². The van der Waals surface area contributed by atoms with Gasteiger partial charge in [-0.2, -0.15) is 5.48 Å². The van der Waals surface area contributed by atoms with Crippen molar-refractivity contribution in [1.82, 2.24) is 5.48 Å². The standard InChI is InChI=1S/C6H13NO2/c1-5(2)4-7-9-6(3)8/h5,7H,4H2,1-3H3. The maximum absolute atomic E-state index is 10.1. The van der Waals surface area contributed by atoms with Gasteiger partial charge in [-0.05, 0) is 5.92 Å². The fourth-order valence-electron chi connectivity index (χ4n) is 0.310. The summed E-state index contributed by atoms with van der Waals surface area (Å²) in [5.74, 6) is 0.208. The minimum atomic E-state index is -0.296. The van der Waals surface area contributed by atoms with Crippen molar-refractivity contribution in [2.75, 3.05) is 6.54 Å². The molecule has 0 aromatic rings. The van der Waals surface area contributed by atoms with Crippen LogP contribution in [0.25, 0.3) is 0 Å². The van der Waals surface area contributed by atoms with Gasteiger partial charge < -0.3 is 4.84 Å². The summed E-state index contributed by atoms with van der Waals surface area (Å²) >= 11 is 0. The summed E-state index contributed by atoms with van der Waals surface area (Å²) in [6.07, 6.45) is 0. The summed E-state index contributed by atoms with van der Waals surface area (Å²) in [6.45, 7) is 6.15. The third kappa shape index (κ3) is 7.43. The number of nitrogens with one attached hydrogen (secondary N) is 1. The second kappa shape index (κ2) is 4.32. The predicted molar refractivity (Wildman–Crippen MR) is 34.6 cm³/mol. The van der Waals surface area contributed by atoms with Gasteiger partial charge in [-0.1, -0.05) is 13.8 Å². The van der Waals surface area contributed by atoms with Gasteiger partial charge in [0.1, 0.15) is 0 Å². The Morgan fingerprint density at radius 2 is 2.22 bits per heavy atom. The lowest BCUT2D eigenvalue weighted by atomic mass is 10.2. The lowest BCUT2D eigenvalue weighted by Gasteiger charge is -2.04. The molecule has 0 aliphatic heterocycles. The van der Waals surface area contributed by atoms with E-state index in [1.54, 1.807) is 0 Å². The molecule has 0 aliphatic rings. The van der Waals surface area contributed by atoms with Crippen molar-refractivity contribution in [1.29, 1.82) is 0 Å². The number of hydrogen-bond donors (Lipinski definition) is 1. The van der Waals surface area contributed by atoms with Crippen molar-refractivity contribution < 1.29 is 9.63 Å². The first-order chi connectivity index (χ1) is 4.13. The summed E-state index contributed by atoms with van der Waals surface area (Å²) in [5, 5.41) is 0. The molecule has 1 N–H and O–H groups in total. The highest BCUT2D eigenvalue weighted by Crippen LogP contribution is 1.86. The van der Waals surface area contributed by atoms with Crippen LogP contribution in [0.1, 0.15) is 20.8 Å². The molecule has 0 saturated carbocycles. The van der Waals surface area contributed by atoms with Crippen LogP contribution in [0, 0.1) is 5.92 Å². The zero-order valence-electron chi connectivity index (χ0n) is 6.10. The third-order valence-corrected chi connectivity index (χ3v) is 0.707.